The van der Waals surface area contributed by atoms with Gasteiger partial charge in [-0.15, -0.1) is 0 Å². The number of hydrogen-bond donors (Lipinski definition) is 0. The largest absolute Gasteiger partial charge is 0.308 e. The number of benzene rings is 5. The van der Waals surface area contributed by atoms with Gasteiger partial charge in [0.05, 0.1) is 27.6 Å². The zero-order valence-electron chi connectivity index (χ0n) is 23.5. The SMILES string of the molecule is c1ccc(-c2nc(-c3cccc(-n4c5ccccc5c5ncccc54)c3)nc(-n3c4ccccc4c4ccccc43)n2)cc1. The molecule has 0 saturated heterocycles. The lowest BCUT2D eigenvalue weighted by Gasteiger charge is -2.12. The maximum absolute atomic E-state index is 5.14. The summed E-state index contributed by atoms with van der Waals surface area (Å²) in [5, 5.41) is 3.44. The second-order valence-corrected chi connectivity index (χ2v) is 10.8. The lowest BCUT2D eigenvalue weighted by molar-refractivity contribution is 0.953. The van der Waals surface area contributed by atoms with Crippen molar-refractivity contribution in [3.8, 4) is 34.4 Å². The molecule has 4 heterocycles. The number of fused-ring (bicyclic) bond motifs is 6. The van der Waals surface area contributed by atoms with Crippen LogP contribution in [0.3, 0.4) is 0 Å². The predicted molar refractivity (Wildman–Crippen MR) is 177 cm³/mol. The molecule has 5 aromatic carbocycles. The van der Waals surface area contributed by atoms with Crippen molar-refractivity contribution >= 4 is 43.7 Å². The molecule has 6 nitrogen and oxygen atoms in total. The molecule has 0 aliphatic heterocycles. The highest BCUT2D eigenvalue weighted by molar-refractivity contribution is 6.09. The molecular formula is C38H24N6. The Hall–Kier alpha value is -6.14. The number of para-hydroxylation sites is 3. The predicted octanol–water partition coefficient (Wildman–Crippen LogP) is 8.79. The summed E-state index contributed by atoms with van der Waals surface area (Å²) in [6.07, 6.45) is 1.85. The van der Waals surface area contributed by atoms with Crippen molar-refractivity contribution in [3.05, 3.63) is 146 Å². The molecule has 0 atom stereocenters. The van der Waals surface area contributed by atoms with E-state index in [4.69, 9.17) is 19.9 Å². The molecule has 0 N–H and O–H groups in total. The number of rotatable bonds is 4. The molecule has 0 radical (unpaired) electrons. The van der Waals surface area contributed by atoms with E-state index in [1.807, 2.05) is 42.6 Å². The zero-order chi connectivity index (χ0) is 29.0. The van der Waals surface area contributed by atoms with Gasteiger partial charge < -0.3 is 4.57 Å². The molecule has 9 aromatic rings. The van der Waals surface area contributed by atoms with Gasteiger partial charge in [0.25, 0.3) is 0 Å². The van der Waals surface area contributed by atoms with Gasteiger partial charge in [-0.2, -0.15) is 9.97 Å². The first kappa shape index (κ1) is 24.5. The molecule has 0 bridgehead atoms. The Bertz CT molecular complexity index is 2400. The fourth-order valence-corrected chi connectivity index (χ4v) is 6.29. The Morgan fingerprint density at radius 1 is 0.409 bits per heavy atom. The number of nitrogens with zero attached hydrogens (tertiary/aromatic N) is 6. The van der Waals surface area contributed by atoms with Crippen LogP contribution in [-0.4, -0.2) is 29.1 Å². The minimum absolute atomic E-state index is 0.581. The Morgan fingerprint density at radius 2 is 0.977 bits per heavy atom. The van der Waals surface area contributed by atoms with E-state index >= 15 is 0 Å². The van der Waals surface area contributed by atoms with Gasteiger partial charge in [-0.25, -0.2) is 4.98 Å². The van der Waals surface area contributed by atoms with E-state index in [1.165, 1.54) is 0 Å². The van der Waals surface area contributed by atoms with Gasteiger partial charge in [-0.1, -0.05) is 97.1 Å². The fourth-order valence-electron chi connectivity index (χ4n) is 6.29. The molecule has 0 aliphatic carbocycles. The van der Waals surface area contributed by atoms with Crippen LogP contribution in [0.1, 0.15) is 0 Å². The molecule has 0 saturated carbocycles. The summed E-state index contributed by atoms with van der Waals surface area (Å²) in [4.78, 5) is 19.9. The van der Waals surface area contributed by atoms with Crippen molar-refractivity contribution in [1.82, 2.24) is 29.1 Å². The average molecular weight is 565 g/mol. The molecular weight excluding hydrogens is 540 g/mol. The summed E-state index contributed by atoms with van der Waals surface area (Å²) in [6.45, 7) is 0. The Morgan fingerprint density at radius 3 is 1.70 bits per heavy atom. The van der Waals surface area contributed by atoms with Gasteiger partial charge in [0, 0.05) is 39.2 Å². The van der Waals surface area contributed by atoms with Crippen molar-refractivity contribution in [2.75, 3.05) is 0 Å². The maximum Gasteiger partial charge on any atom is 0.238 e. The highest BCUT2D eigenvalue weighted by Crippen LogP contribution is 2.34. The summed E-state index contributed by atoms with van der Waals surface area (Å²) in [5.41, 5.74) is 8.09. The first-order valence-corrected chi connectivity index (χ1v) is 14.6. The third-order valence-electron chi connectivity index (χ3n) is 8.23. The monoisotopic (exact) mass is 564 g/mol. The Labute approximate surface area is 252 Å². The first-order valence-electron chi connectivity index (χ1n) is 14.6. The molecule has 44 heavy (non-hydrogen) atoms. The molecule has 0 amide bonds. The maximum atomic E-state index is 5.14. The molecule has 0 spiro atoms. The van der Waals surface area contributed by atoms with Crippen LogP contribution in [0.2, 0.25) is 0 Å². The third kappa shape index (κ3) is 3.75. The van der Waals surface area contributed by atoms with Crippen LogP contribution >= 0.6 is 0 Å². The number of hydrogen-bond acceptors (Lipinski definition) is 4. The lowest BCUT2D eigenvalue weighted by atomic mass is 10.1. The average Bonchev–Trinajstić information content (AvgIpc) is 3.62. The Kier molecular flexibility index (Phi) is 5.40. The number of pyridine rings is 1. The van der Waals surface area contributed by atoms with Crippen LogP contribution in [-0.2, 0) is 0 Å². The van der Waals surface area contributed by atoms with E-state index in [9.17, 15) is 0 Å². The Balaban J connectivity index is 1.30. The summed E-state index contributed by atoms with van der Waals surface area (Å²) >= 11 is 0. The third-order valence-corrected chi connectivity index (χ3v) is 8.23. The quantitative estimate of drug-likeness (QED) is 0.214. The highest BCUT2D eigenvalue weighted by Gasteiger charge is 2.18. The van der Waals surface area contributed by atoms with E-state index in [1.54, 1.807) is 0 Å². The van der Waals surface area contributed by atoms with Crippen LogP contribution in [0.25, 0.3) is 78.2 Å². The second-order valence-electron chi connectivity index (χ2n) is 10.8. The van der Waals surface area contributed by atoms with Crippen molar-refractivity contribution < 1.29 is 0 Å². The van der Waals surface area contributed by atoms with Gasteiger partial charge in [-0.05, 0) is 42.5 Å². The zero-order valence-corrected chi connectivity index (χ0v) is 23.5. The molecule has 0 aliphatic rings. The first-order chi connectivity index (χ1) is 21.8. The van der Waals surface area contributed by atoms with Gasteiger partial charge in [0.2, 0.25) is 5.95 Å². The number of aromatic nitrogens is 6. The van der Waals surface area contributed by atoms with Crippen molar-refractivity contribution in [2.45, 2.75) is 0 Å². The van der Waals surface area contributed by atoms with E-state index < -0.39 is 0 Å². The minimum atomic E-state index is 0.581. The van der Waals surface area contributed by atoms with E-state index in [0.29, 0.717) is 17.6 Å². The topological polar surface area (TPSA) is 61.4 Å². The van der Waals surface area contributed by atoms with Crippen LogP contribution in [0, 0.1) is 0 Å². The normalized spacial score (nSPS) is 11.6. The molecule has 0 fully saturated rings. The summed E-state index contributed by atoms with van der Waals surface area (Å²) in [5.74, 6) is 1.81. The van der Waals surface area contributed by atoms with Crippen molar-refractivity contribution in [3.63, 3.8) is 0 Å². The molecule has 4 aromatic heterocycles. The fraction of sp³-hybridized carbons (Fsp3) is 0. The molecule has 206 valence electrons. The molecule has 9 rings (SSSR count). The van der Waals surface area contributed by atoms with E-state index in [-0.39, 0.29) is 0 Å². The van der Waals surface area contributed by atoms with Gasteiger partial charge in [-0.3, -0.25) is 9.55 Å². The standard InChI is InChI=1S/C38H24N6/c1-2-12-25(13-3-1)36-40-37(42-38(41-36)44-31-19-7-4-16-28(31)29-17-5-8-20-32(29)44)26-14-10-15-27(24-26)43-33-21-9-6-18-30(33)35-34(43)22-11-23-39-35/h1-24H. The van der Waals surface area contributed by atoms with Crippen molar-refractivity contribution in [2.24, 2.45) is 0 Å². The van der Waals surface area contributed by atoms with Gasteiger partial charge in [0.15, 0.2) is 11.6 Å². The van der Waals surface area contributed by atoms with Crippen molar-refractivity contribution in [1.29, 1.82) is 0 Å². The summed E-state index contributed by atoms with van der Waals surface area (Å²) < 4.78 is 4.40. The van der Waals surface area contributed by atoms with Crippen LogP contribution in [0.4, 0.5) is 0 Å². The minimum Gasteiger partial charge on any atom is -0.308 e. The van der Waals surface area contributed by atoms with Gasteiger partial charge >= 0.3 is 0 Å². The summed E-state index contributed by atoms with van der Waals surface area (Å²) in [6, 6.07) is 47.8. The van der Waals surface area contributed by atoms with Crippen LogP contribution in [0.5, 0.6) is 0 Å². The highest BCUT2D eigenvalue weighted by atomic mass is 15.2. The van der Waals surface area contributed by atoms with Gasteiger partial charge in [0.1, 0.15) is 0 Å². The van der Waals surface area contributed by atoms with Crippen LogP contribution < -0.4 is 0 Å². The smallest absolute Gasteiger partial charge is 0.238 e. The second kappa shape index (κ2) is 9.71. The lowest BCUT2D eigenvalue weighted by Crippen LogP contribution is -2.06. The van der Waals surface area contributed by atoms with Crippen LogP contribution in [0.15, 0.2) is 146 Å². The molecule has 0 unspecified atom stereocenters. The van der Waals surface area contributed by atoms with E-state index in [0.717, 1.165) is 60.6 Å². The molecule has 6 heteroatoms. The summed E-state index contributed by atoms with van der Waals surface area (Å²) in [7, 11) is 0. The van der Waals surface area contributed by atoms with E-state index in [2.05, 4.69) is 112 Å².